The molecule has 1 atom stereocenters. The van der Waals surface area contributed by atoms with Gasteiger partial charge in [0.1, 0.15) is 5.82 Å². The number of carbonyl (C=O) groups is 1. The molecule has 1 saturated carbocycles. The normalized spacial score (nSPS) is 24.3. The number of rotatable bonds is 7. The van der Waals surface area contributed by atoms with E-state index in [-0.39, 0.29) is 0 Å². The number of likely N-dealkylation sites (N-methyl/N-ethyl adjacent to an activating group) is 1. The highest BCUT2D eigenvalue weighted by molar-refractivity contribution is 5.79. The summed E-state index contributed by atoms with van der Waals surface area (Å²) in [4.78, 5) is 26.6. The molecule has 4 rings (SSSR count). The number of anilines is 1. The maximum Gasteiger partial charge on any atom is 0.236 e. The lowest BCUT2D eigenvalue weighted by molar-refractivity contribution is -0.133. The molecule has 1 aromatic heterocycles. The van der Waals surface area contributed by atoms with Crippen LogP contribution in [0.1, 0.15) is 32.6 Å². The summed E-state index contributed by atoms with van der Waals surface area (Å²) < 4.78 is 0. The summed E-state index contributed by atoms with van der Waals surface area (Å²) in [7, 11) is 0. The van der Waals surface area contributed by atoms with Gasteiger partial charge in [-0.15, -0.1) is 0 Å². The Balaban J connectivity index is 1.21. The Morgan fingerprint density at radius 3 is 2.61 bits per heavy atom. The maximum absolute atomic E-state index is 12.7. The monoisotopic (exact) mass is 385 g/mol. The van der Waals surface area contributed by atoms with E-state index in [2.05, 4.69) is 43.6 Å². The van der Waals surface area contributed by atoms with Gasteiger partial charge in [0.15, 0.2) is 0 Å². The molecule has 154 valence electrons. The average molecular weight is 386 g/mol. The summed E-state index contributed by atoms with van der Waals surface area (Å²) in [6.45, 7) is 11.2. The molecular weight excluding hydrogens is 350 g/mol. The van der Waals surface area contributed by atoms with E-state index in [1.54, 1.807) is 0 Å². The predicted octanol–water partition coefficient (Wildman–Crippen LogP) is 1.93. The van der Waals surface area contributed by atoms with Crippen molar-refractivity contribution in [1.29, 1.82) is 0 Å². The van der Waals surface area contributed by atoms with Crippen molar-refractivity contribution in [3.63, 3.8) is 0 Å². The second-order valence-corrected chi connectivity index (χ2v) is 8.63. The second-order valence-electron chi connectivity index (χ2n) is 8.63. The number of pyridine rings is 1. The van der Waals surface area contributed by atoms with E-state index in [0.717, 1.165) is 51.6 Å². The molecule has 0 aromatic carbocycles. The Hall–Kier alpha value is -1.66. The molecule has 1 aromatic rings. The van der Waals surface area contributed by atoms with Gasteiger partial charge in [-0.05, 0) is 57.2 Å². The van der Waals surface area contributed by atoms with Gasteiger partial charge in [0.2, 0.25) is 5.91 Å². The molecule has 1 amide bonds. The fraction of sp³-hybridized carbons (Fsp3) is 0.727. The second kappa shape index (κ2) is 9.23. The molecule has 3 aliphatic rings. The topological polar surface area (TPSA) is 42.9 Å². The van der Waals surface area contributed by atoms with Crippen molar-refractivity contribution >= 4 is 11.7 Å². The first kappa shape index (κ1) is 19.6. The standard InChI is InChI=1S/C22H35N5O/c1-2-27(20-8-9-20)22(28)18-25-11-5-6-19(17-25)16-24-12-14-26(15-13-24)21-7-3-4-10-23-21/h3-4,7,10,19-20H,2,5-6,8-9,11-18H2,1H3. The summed E-state index contributed by atoms with van der Waals surface area (Å²) in [6, 6.07) is 6.68. The molecule has 2 saturated heterocycles. The van der Waals surface area contributed by atoms with Gasteiger partial charge in [-0.25, -0.2) is 4.98 Å². The number of piperazine rings is 1. The molecule has 6 nitrogen and oxygen atoms in total. The van der Waals surface area contributed by atoms with E-state index in [0.29, 0.717) is 24.4 Å². The largest absolute Gasteiger partial charge is 0.354 e. The van der Waals surface area contributed by atoms with Gasteiger partial charge in [-0.1, -0.05) is 6.07 Å². The lowest BCUT2D eigenvalue weighted by atomic mass is 9.97. The maximum atomic E-state index is 12.7. The number of hydrogen-bond donors (Lipinski definition) is 0. The van der Waals surface area contributed by atoms with Crippen LogP contribution in [-0.4, -0.2) is 90.5 Å². The van der Waals surface area contributed by atoms with Crippen molar-refractivity contribution in [3.05, 3.63) is 24.4 Å². The van der Waals surface area contributed by atoms with Crippen LogP contribution in [-0.2, 0) is 4.79 Å². The molecule has 1 aliphatic carbocycles. The number of likely N-dealkylation sites (tertiary alicyclic amines) is 1. The van der Waals surface area contributed by atoms with Crippen LogP contribution >= 0.6 is 0 Å². The molecule has 3 fully saturated rings. The molecule has 2 aliphatic heterocycles. The first-order valence-corrected chi connectivity index (χ1v) is 11.1. The minimum Gasteiger partial charge on any atom is -0.354 e. The van der Waals surface area contributed by atoms with Gasteiger partial charge < -0.3 is 9.80 Å². The van der Waals surface area contributed by atoms with Gasteiger partial charge >= 0.3 is 0 Å². The van der Waals surface area contributed by atoms with Crippen LogP contribution in [0.5, 0.6) is 0 Å². The Morgan fingerprint density at radius 2 is 1.93 bits per heavy atom. The highest BCUT2D eigenvalue weighted by Gasteiger charge is 2.33. The van der Waals surface area contributed by atoms with Crippen molar-refractivity contribution in [2.45, 2.75) is 38.6 Å². The predicted molar refractivity (Wildman–Crippen MR) is 112 cm³/mol. The van der Waals surface area contributed by atoms with Crippen molar-refractivity contribution in [3.8, 4) is 0 Å². The van der Waals surface area contributed by atoms with E-state index < -0.39 is 0 Å². The first-order chi connectivity index (χ1) is 13.7. The molecule has 6 heteroatoms. The third kappa shape index (κ3) is 5.03. The molecule has 0 radical (unpaired) electrons. The molecular formula is C22H35N5O. The van der Waals surface area contributed by atoms with Crippen LogP contribution in [0.4, 0.5) is 5.82 Å². The molecule has 0 spiro atoms. The quantitative estimate of drug-likeness (QED) is 0.718. The highest BCUT2D eigenvalue weighted by Crippen LogP contribution is 2.27. The zero-order chi connectivity index (χ0) is 19.3. The summed E-state index contributed by atoms with van der Waals surface area (Å²) in [5, 5.41) is 0. The first-order valence-electron chi connectivity index (χ1n) is 11.1. The Morgan fingerprint density at radius 1 is 1.11 bits per heavy atom. The Kier molecular flexibility index (Phi) is 6.47. The third-order valence-electron chi connectivity index (χ3n) is 6.47. The molecule has 1 unspecified atom stereocenters. The van der Waals surface area contributed by atoms with Crippen LogP contribution in [0.2, 0.25) is 0 Å². The molecule has 28 heavy (non-hydrogen) atoms. The van der Waals surface area contributed by atoms with Gasteiger partial charge in [0.05, 0.1) is 6.54 Å². The SMILES string of the molecule is CCN(C(=O)CN1CCCC(CN2CCN(c3ccccn3)CC2)C1)C1CC1. The zero-order valence-corrected chi connectivity index (χ0v) is 17.3. The molecule has 3 heterocycles. The molecule has 0 N–H and O–H groups in total. The van der Waals surface area contributed by atoms with E-state index in [9.17, 15) is 4.79 Å². The number of amides is 1. The summed E-state index contributed by atoms with van der Waals surface area (Å²) in [6.07, 6.45) is 6.80. The van der Waals surface area contributed by atoms with Crippen molar-refractivity contribution in [2.24, 2.45) is 5.92 Å². The number of nitrogens with zero attached hydrogens (tertiary/aromatic N) is 5. The number of hydrogen-bond acceptors (Lipinski definition) is 5. The minimum absolute atomic E-state index is 0.342. The Labute approximate surface area is 169 Å². The number of carbonyl (C=O) groups excluding carboxylic acids is 1. The van der Waals surface area contributed by atoms with E-state index in [1.807, 2.05) is 12.3 Å². The number of piperidine rings is 1. The third-order valence-corrected chi connectivity index (χ3v) is 6.47. The van der Waals surface area contributed by atoms with Crippen LogP contribution in [0, 0.1) is 5.92 Å². The lowest BCUT2D eigenvalue weighted by Crippen LogP contribution is -2.50. The van der Waals surface area contributed by atoms with Gasteiger partial charge in [0.25, 0.3) is 0 Å². The van der Waals surface area contributed by atoms with Gasteiger partial charge in [0, 0.05) is 58.1 Å². The fourth-order valence-electron chi connectivity index (χ4n) is 4.82. The van der Waals surface area contributed by atoms with Crippen molar-refractivity contribution in [2.75, 3.05) is 63.8 Å². The van der Waals surface area contributed by atoms with Crippen molar-refractivity contribution in [1.82, 2.24) is 19.7 Å². The zero-order valence-electron chi connectivity index (χ0n) is 17.3. The minimum atomic E-state index is 0.342. The summed E-state index contributed by atoms with van der Waals surface area (Å²) >= 11 is 0. The Bertz CT molecular complexity index is 627. The average Bonchev–Trinajstić information content (AvgIpc) is 3.55. The highest BCUT2D eigenvalue weighted by atomic mass is 16.2. The lowest BCUT2D eigenvalue weighted by Gasteiger charge is -2.39. The fourth-order valence-corrected chi connectivity index (χ4v) is 4.82. The number of aromatic nitrogens is 1. The smallest absolute Gasteiger partial charge is 0.236 e. The molecule has 0 bridgehead atoms. The van der Waals surface area contributed by atoms with E-state index in [1.165, 1.54) is 32.2 Å². The van der Waals surface area contributed by atoms with E-state index >= 15 is 0 Å². The summed E-state index contributed by atoms with van der Waals surface area (Å²) in [5.41, 5.74) is 0. The van der Waals surface area contributed by atoms with Crippen LogP contribution in [0.3, 0.4) is 0 Å². The van der Waals surface area contributed by atoms with Crippen LogP contribution < -0.4 is 4.90 Å². The van der Waals surface area contributed by atoms with E-state index in [4.69, 9.17) is 0 Å². The van der Waals surface area contributed by atoms with Crippen molar-refractivity contribution < 1.29 is 4.79 Å². The van der Waals surface area contributed by atoms with Gasteiger partial charge in [-0.3, -0.25) is 14.6 Å². The van der Waals surface area contributed by atoms with Gasteiger partial charge in [-0.2, -0.15) is 0 Å². The summed E-state index contributed by atoms with van der Waals surface area (Å²) in [5.74, 6) is 2.13. The van der Waals surface area contributed by atoms with Crippen LogP contribution in [0.15, 0.2) is 24.4 Å². The van der Waals surface area contributed by atoms with Crippen LogP contribution in [0.25, 0.3) is 0 Å².